The van der Waals surface area contributed by atoms with Crippen molar-refractivity contribution in [3.05, 3.63) is 75.6 Å². The molecular weight excluding hydrogens is 580 g/mol. The molecule has 11 nitrogen and oxygen atoms in total. The maximum Gasteiger partial charge on any atom is 0.408 e. The summed E-state index contributed by atoms with van der Waals surface area (Å²) >= 11 is 1.57. The van der Waals surface area contributed by atoms with Gasteiger partial charge in [-0.05, 0) is 66.0 Å². The number of benzene rings is 1. The number of alkyl carbamates (subject to hydrolysis) is 1. The van der Waals surface area contributed by atoms with E-state index in [4.69, 9.17) is 13.9 Å². The fraction of sp³-hybridized carbons (Fsp3) is 0.438. The largest absolute Gasteiger partial charge is 0.478 e. The molecule has 0 bridgehead atoms. The van der Waals surface area contributed by atoms with Gasteiger partial charge >= 0.3 is 6.09 Å². The number of carbonyl (C=O) groups is 2. The molecule has 12 heteroatoms. The number of carbonyl (C=O) groups excluding carboxylic acids is 2. The van der Waals surface area contributed by atoms with E-state index >= 15 is 0 Å². The van der Waals surface area contributed by atoms with Crippen molar-refractivity contribution in [2.75, 3.05) is 13.2 Å². The molecule has 1 aromatic carbocycles. The third kappa shape index (κ3) is 7.24. The Bertz CT molecular complexity index is 1610. The number of nitrogens with zero attached hydrogens (tertiary/aromatic N) is 5. The quantitative estimate of drug-likeness (QED) is 0.231. The van der Waals surface area contributed by atoms with Gasteiger partial charge in [-0.3, -0.25) is 4.79 Å². The standard InChI is InChI=1S/C32H38N6O5S/c1-7-41-25-17-22(28(39)38-15-11-14-24(38)27-33-20(2)19-44-27)16-23(34-25)26-36-37-29(42-26)32(6,18-21-12-9-8-10-13-21)35-30(40)43-31(3,4)5/h8-10,12-13,16-17,19,24H,7,11,14-15,18H2,1-6H3,(H,35,40). The van der Waals surface area contributed by atoms with Crippen LogP contribution in [-0.4, -0.2) is 55.8 Å². The summed E-state index contributed by atoms with van der Waals surface area (Å²) in [6.45, 7) is 12.0. The molecule has 1 N–H and O–H groups in total. The van der Waals surface area contributed by atoms with E-state index in [1.807, 2.05) is 54.5 Å². The van der Waals surface area contributed by atoms with Gasteiger partial charge in [0, 0.05) is 35.7 Å². The molecule has 0 radical (unpaired) electrons. The van der Waals surface area contributed by atoms with Crippen molar-refractivity contribution >= 4 is 23.3 Å². The average Bonchev–Trinajstić information content (AvgIpc) is 3.73. The third-order valence-corrected chi connectivity index (χ3v) is 8.13. The van der Waals surface area contributed by atoms with Crippen molar-refractivity contribution < 1.29 is 23.5 Å². The SMILES string of the molecule is CCOc1cc(C(=O)N2CCCC2c2nc(C)cs2)cc(-c2nnc(C(C)(Cc3ccccc3)NC(=O)OC(C)(C)C)o2)n1. The molecule has 2 atom stereocenters. The number of likely N-dealkylation sites (tertiary alicyclic amines) is 1. The number of hydrogen-bond acceptors (Lipinski definition) is 10. The van der Waals surface area contributed by atoms with Gasteiger partial charge in [-0.15, -0.1) is 21.5 Å². The van der Waals surface area contributed by atoms with E-state index < -0.39 is 17.2 Å². The molecule has 1 saturated heterocycles. The number of aryl methyl sites for hydroxylation is 1. The molecule has 1 aliphatic rings. The number of amides is 2. The van der Waals surface area contributed by atoms with Gasteiger partial charge in [-0.2, -0.15) is 0 Å². The maximum absolute atomic E-state index is 13.9. The summed E-state index contributed by atoms with van der Waals surface area (Å²) in [4.78, 5) is 37.8. The van der Waals surface area contributed by atoms with Gasteiger partial charge in [-0.1, -0.05) is 30.3 Å². The normalized spacial score (nSPS) is 16.4. The van der Waals surface area contributed by atoms with E-state index in [-0.39, 0.29) is 29.6 Å². The lowest BCUT2D eigenvalue weighted by molar-refractivity contribution is 0.0443. The number of nitrogens with one attached hydrogen (secondary N) is 1. The first-order chi connectivity index (χ1) is 20.9. The second kappa shape index (κ2) is 12.7. The second-order valence-corrected chi connectivity index (χ2v) is 12.9. The van der Waals surface area contributed by atoms with Crippen molar-refractivity contribution in [3.8, 4) is 17.5 Å². The van der Waals surface area contributed by atoms with Crippen molar-refractivity contribution in [3.63, 3.8) is 0 Å². The fourth-order valence-corrected chi connectivity index (χ4v) is 6.12. The van der Waals surface area contributed by atoms with Gasteiger partial charge in [0.25, 0.3) is 11.8 Å². The summed E-state index contributed by atoms with van der Waals surface area (Å²) in [5.74, 6) is 0.380. The summed E-state index contributed by atoms with van der Waals surface area (Å²) in [6, 6.07) is 12.9. The number of pyridine rings is 1. The highest BCUT2D eigenvalue weighted by molar-refractivity contribution is 7.09. The Morgan fingerprint density at radius 1 is 1.11 bits per heavy atom. The zero-order valence-corrected chi connectivity index (χ0v) is 26.7. The predicted molar refractivity (Wildman–Crippen MR) is 165 cm³/mol. The van der Waals surface area contributed by atoms with Crippen LogP contribution in [0.5, 0.6) is 5.88 Å². The van der Waals surface area contributed by atoms with E-state index in [9.17, 15) is 9.59 Å². The van der Waals surface area contributed by atoms with Gasteiger partial charge in [0.2, 0.25) is 11.8 Å². The number of rotatable bonds is 9. The minimum atomic E-state index is -1.11. The van der Waals surface area contributed by atoms with Crippen LogP contribution in [0.15, 0.2) is 52.3 Å². The molecule has 4 heterocycles. The lowest BCUT2D eigenvalue weighted by atomic mass is 9.92. The van der Waals surface area contributed by atoms with Gasteiger partial charge in [0.1, 0.15) is 21.8 Å². The van der Waals surface area contributed by atoms with Gasteiger partial charge in [-0.25, -0.2) is 14.8 Å². The van der Waals surface area contributed by atoms with Gasteiger partial charge in [0.05, 0.1) is 12.6 Å². The van der Waals surface area contributed by atoms with E-state index in [1.165, 1.54) is 0 Å². The van der Waals surface area contributed by atoms with Crippen LogP contribution in [0.3, 0.4) is 0 Å². The van der Waals surface area contributed by atoms with E-state index in [1.54, 1.807) is 51.2 Å². The van der Waals surface area contributed by atoms with Crippen molar-refractivity contribution in [1.82, 2.24) is 30.4 Å². The Hall–Kier alpha value is -4.32. The van der Waals surface area contributed by atoms with Crippen LogP contribution >= 0.6 is 11.3 Å². The zero-order chi connectivity index (χ0) is 31.5. The highest BCUT2D eigenvalue weighted by atomic mass is 32.1. The monoisotopic (exact) mass is 618 g/mol. The second-order valence-electron chi connectivity index (χ2n) is 12.0. The Morgan fingerprint density at radius 2 is 1.89 bits per heavy atom. The lowest BCUT2D eigenvalue weighted by Gasteiger charge is -2.29. The number of aromatic nitrogens is 4. The van der Waals surface area contributed by atoms with Crippen LogP contribution in [0.25, 0.3) is 11.6 Å². The smallest absolute Gasteiger partial charge is 0.408 e. The molecule has 2 amide bonds. The van der Waals surface area contributed by atoms with Crippen molar-refractivity contribution in [2.45, 2.75) is 78.0 Å². The molecule has 4 aromatic rings. The van der Waals surface area contributed by atoms with Crippen LogP contribution in [0.1, 0.15) is 86.0 Å². The maximum atomic E-state index is 13.9. The molecule has 0 saturated carbocycles. The highest BCUT2D eigenvalue weighted by Crippen LogP contribution is 2.36. The zero-order valence-electron chi connectivity index (χ0n) is 25.9. The van der Waals surface area contributed by atoms with Gasteiger partial charge in [0.15, 0.2) is 0 Å². The average molecular weight is 619 g/mol. The summed E-state index contributed by atoms with van der Waals surface area (Å²) in [5, 5.41) is 14.5. The first kappa shape index (κ1) is 31.1. The third-order valence-electron chi connectivity index (χ3n) is 7.07. The summed E-state index contributed by atoms with van der Waals surface area (Å²) in [7, 11) is 0. The lowest BCUT2D eigenvalue weighted by Crippen LogP contribution is -2.47. The minimum absolute atomic E-state index is 0.0824. The molecule has 0 spiro atoms. The number of thiazole rings is 1. The van der Waals surface area contributed by atoms with Gasteiger partial charge < -0.3 is 24.1 Å². The molecule has 44 heavy (non-hydrogen) atoms. The van der Waals surface area contributed by atoms with Crippen LogP contribution in [0, 0.1) is 6.92 Å². The summed E-state index contributed by atoms with van der Waals surface area (Å²) < 4.78 is 17.5. The minimum Gasteiger partial charge on any atom is -0.478 e. The number of hydrogen-bond donors (Lipinski definition) is 1. The molecule has 232 valence electrons. The Morgan fingerprint density at radius 3 is 2.57 bits per heavy atom. The predicted octanol–water partition coefficient (Wildman–Crippen LogP) is 6.26. The molecule has 0 aliphatic carbocycles. The van der Waals surface area contributed by atoms with Crippen LogP contribution in [-0.2, 0) is 16.7 Å². The molecule has 5 rings (SSSR count). The van der Waals surface area contributed by atoms with Crippen molar-refractivity contribution in [1.29, 1.82) is 0 Å². The van der Waals surface area contributed by atoms with Crippen LogP contribution in [0.2, 0.25) is 0 Å². The molecule has 3 aromatic heterocycles. The topological polar surface area (TPSA) is 133 Å². The van der Waals surface area contributed by atoms with E-state index in [2.05, 4.69) is 25.5 Å². The fourth-order valence-electron chi connectivity index (χ4n) is 5.17. The molecule has 1 aliphatic heterocycles. The van der Waals surface area contributed by atoms with E-state index in [0.29, 0.717) is 30.8 Å². The molecule has 1 fully saturated rings. The van der Waals surface area contributed by atoms with E-state index in [0.717, 1.165) is 29.1 Å². The van der Waals surface area contributed by atoms with Crippen LogP contribution < -0.4 is 10.1 Å². The first-order valence-corrected chi connectivity index (χ1v) is 15.6. The Kier molecular flexibility index (Phi) is 9.00. The molecule has 2 unspecified atom stereocenters. The highest BCUT2D eigenvalue weighted by Gasteiger charge is 2.37. The Labute approximate surface area is 261 Å². The van der Waals surface area contributed by atoms with Crippen molar-refractivity contribution in [2.24, 2.45) is 0 Å². The van der Waals surface area contributed by atoms with Crippen LogP contribution in [0.4, 0.5) is 4.79 Å². The Balaban J connectivity index is 1.47. The summed E-state index contributed by atoms with van der Waals surface area (Å²) in [5.41, 5.74) is 0.777. The number of ether oxygens (including phenoxy) is 2. The first-order valence-electron chi connectivity index (χ1n) is 14.7. The summed E-state index contributed by atoms with van der Waals surface area (Å²) in [6.07, 6.45) is 1.49. The molecular formula is C32H38N6O5S.